The smallest absolute Gasteiger partial charge is 0.233 e. The minimum atomic E-state index is -0.178. The first-order chi connectivity index (χ1) is 15.1. The quantitative estimate of drug-likeness (QED) is 0.384. The number of hydrogen-bond donors (Lipinski definition) is 0. The molecule has 0 aliphatic carbocycles. The first-order valence-corrected chi connectivity index (χ1v) is 11.0. The molecule has 156 valence electrons. The number of hydrogen-bond acceptors (Lipinski definition) is 5. The van der Waals surface area contributed by atoms with Gasteiger partial charge in [0.2, 0.25) is 11.1 Å². The standard InChI is InChI=1S/C23H20ClN5OS/c1-28(22(17-8-4-2-5-9-17)18-10-6-3-7-11-18)21(30)16-31-23-25-26-27-29(23)20-14-12-19(24)13-15-20/h2-15,22H,16H2,1H3. The van der Waals surface area contributed by atoms with E-state index in [1.807, 2.05) is 79.8 Å². The van der Waals surface area contributed by atoms with Crippen molar-refractivity contribution < 1.29 is 4.79 Å². The van der Waals surface area contributed by atoms with Gasteiger partial charge in [-0.1, -0.05) is 84.0 Å². The fourth-order valence-corrected chi connectivity index (χ4v) is 4.24. The Hall–Kier alpha value is -3.16. The molecule has 0 bridgehead atoms. The fourth-order valence-electron chi connectivity index (χ4n) is 3.30. The van der Waals surface area contributed by atoms with Crippen LogP contribution in [0.25, 0.3) is 5.69 Å². The molecule has 1 amide bonds. The maximum Gasteiger partial charge on any atom is 0.233 e. The summed E-state index contributed by atoms with van der Waals surface area (Å²) < 4.78 is 1.60. The summed E-state index contributed by atoms with van der Waals surface area (Å²) in [7, 11) is 1.83. The maximum atomic E-state index is 13.1. The highest BCUT2D eigenvalue weighted by atomic mass is 35.5. The molecule has 0 saturated carbocycles. The minimum absolute atomic E-state index is 0.0200. The molecular formula is C23H20ClN5OS. The molecule has 0 unspecified atom stereocenters. The van der Waals surface area contributed by atoms with Crippen LogP contribution >= 0.6 is 23.4 Å². The molecule has 3 aromatic carbocycles. The number of benzene rings is 3. The first-order valence-electron chi connectivity index (χ1n) is 9.66. The molecule has 0 fully saturated rings. The number of carbonyl (C=O) groups excluding carboxylic acids is 1. The Bertz CT molecular complexity index is 1100. The van der Waals surface area contributed by atoms with Gasteiger partial charge in [-0.3, -0.25) is 4.79 Å². The van der Waals surface area contributed by atoms with Crippen LogP contribution < -0.4 is 0 Å². The molecule has 8 heteroatoms. The highest BCUT2D eigenvalue weighted by Gasteiger charge is 2.24. The SMILES string of the molecule is CN(C(=O)CSc1nnnn1-c1ccc(Cl)cc1)C(c1ccccc1)c1ccccc1. The van der Waals surface area contributed by atoms with Gasteiger partial charge in [0.05, 0.1) is 17.5 Å². The van der Waals surface area contributed by atoms with Crippen molar-refractivity contribution in [2.75, 3.05) is 12.8 Å². The van der Waals surface area contributed by atoms with Crippen LogP contribution in [0.1, 0.15) is 17.2 Å². The zero-order valence-electron chi connectivity index (χ0n) is 16.8. The van der Waals surface area contributed by atoms with Crippen molar-refractivity contribution >= 4 is 29.3 Å². The van der Waals surface area contributed by atoms with Crippen molar-refractivity contribution in [3.05, 3.63) is 101 Å². The lowest BCUT2D eigenvalue weighted by Crippen LogP contribution is -2.33. The molecule has 0 aliphatic rings. The van der Waals surface area contributed by atoms with E-state index >= 15 is 0 Å². The third-order valence-electron chi connectivity index (χ3n) is 4.85. The summed E-state index contributed by atoms with van der Waals surface area (Å²) in [4.78, 5) is 14.9. The van der Waals surface area contributed by atoms with Crippen LogP contribution in [0, 0.1) is 0 Å². The van der Waals surface area contributed by atoms with E-state index in [2.05, 4.69) is 15.5 Å². The lowest BCUT2D eigenvalue weighted by Gasteiger charge is -2.29. The molecule has 0 radical (unpaired) electrons. The van der Waals surface area contributed by atoms with Gasteiger partial charge < -0.3 is 4.90 Å². The maximum absolute atomic E-state index is 13.1. The van der Waals surface area contributed by atoms with Gasteiger partial charge in [0.15, 0.2) is 0 Å². The van der Waals surface area contributed by atoms with Crippen molar-refractivity contribution in [3.63, 3.8) is 0 Å². The average molecular weight is 450 g/mol. The number of thioether (sulfide) groups is 1. The van der Waals surface area contributed by atoms with Crippen LogP contribution in [0.3, 0.4) is 0 Å². The topological polar surface area (TPSA) is 63.9 Å². The second-order valence-corrected chi connectivity index (χ2v) is 8.25. The van der Waals surface area contributed by atoms with Crippen LogP contribution in [-0.2, 0) is 4.79 Å². The molecule has 1 aromatic heterocycles. The number of halogens is 1. The lowest BCUT2D eigenvalue weighted by atomic mass is 9.97. The van der Waals surface area contributed by atoms with Crippen LogP contribution in [0.15, 0.2) is 90.1 Å². The van der Waals surface area contributed by atoms with E-state index in [9.17, 15) is 4.79 Å². The van der Waals surface area contributed by atoms with Crippen molar-refractivity contribution in [1.82, 2.24) is 25.1 Å². The summed E-state index contributed by atoms with van der Waals surface area (Å²) in [6.07, 6.45) is 0. The number of rotatable bonds is 7. The summed E-state index contributed by atoms with van der Waals surface area (Å²) in [6, 6.07) is 27.1. The molecule has 6 nitrogen and oxygen atoms in total. The van der Waals surface area contributed by atoms with E-state index in [-0.39, 0.29) is 17.7 Å². The number of nitrogens with zero attached hydrogens (tertiary/aromatic N) is 5. The van der Waals surface area contributed by atoms with Crippen LogP contribution in [-0.4, -0.2) is 43.8 Å². The minimum Gasteiger partial charge on any atom is -0.334 e. The molecule has 0 saturated heterocycles. The molecule has 4 aromatic rings. The van der Waals surface area contributed by atoms with Crippen molar-refractivity contribution in [3.8, 4) is 5.69 Å². The number of carbonyl (C=O) groups is 1. The van der Waals surface area contributed by atoms with E-state index in [1.54, 1.807) is 21.7 Å². The van der Waals surface area contributed by atoms with Crippen LogP contribution in [0.4, 0.5) is 0 Å². The zero-order valence-corrected chi connectivity index (χ0v) is 18.4. The number of aromatic nitrogens is 4. The van der Waals surface area contributed by atoms with Gasteiger partial charge in [-0.15, -0.1) is 5.10 Å². The average Bonchev–Trinajstić information content (AvgIpc) is 3.28. The number of amides is 1. The normalized spacial score (nSPS) is 10.9. The largest absolute Gasteiger partial charge is 0.334 e. The monoisotopic (exact) mass is 449 g/mol. The highest BCUT2D eigenvalue weighted by molar-refractivity contribution is 7.99. The predicted octanol–water partition coefficient (Wildman–Crippen LogP) is 4.66. The Morgan fingerprint density at radius 3 is 2.13 bits per heavy atom. The van der Waals surface area contributed by atoms with Crippen molar-refractivity contribution in [2.45, 2.75) is 11.2 Å². The Kier molecular flexibility index (Phi) is 6.64. The molecule has 0 spiro atoms. The Balaban J connectivity index is 1.52. The van der Waals surface area contributed by atoms with Crippen LogP contribution in [0.5, 0.6) is 0 Å². The molecule has 1 heterocycles. The first kappa shape index (κ1) is 21.1. The summed E-state index contributed by atoms with van der Waals surface area (Å²) in [5.41, 5.74) is 2.89. The highest BCUT2D eigenvalue weighted by Crippen LogP contribution is 2.29. The van der Waals surface area contributed by atoms with E-state index in [4.69, 9.17) is 11.6 Å². The predicted molar refractivity (Wildman–Crippen MR) is 122 cm³/mol. The third kappa shape index (κ3) is 4.95. The Morgan fingerprint density at radius 1 is 0.968 bits per heavy atom. The van der Waals surface area contributed by atoms with Gasteiger partial charge in [-0.05, 0) is 45.8 Å². The van der Waals surface area contributed by atoms with Crippen molar-refractivity contribution in [2.24, 2.45) is 0 Å². The Morgan fingerprint density at radius 2 is 1.55 bits per heavy atom. The van der Waals surface area contributed by atoms with Gasteiger partial charge in [-0.25, -0.2) is 0 Å². The second kappa shape index (κ2) is 9.76. The number of tetrazole rings is 1. The van der Waals surface area contributed by atoms with E-state index in [0.717, 1.165) is 16.8 Å². The molecule has 0 atom stereocenters. The summed E-state index contributed by atoms with van der Waals surface area (Å²) in [5, 5.41) is 13.0. The van der Waals surface area contributed by atoms with Gasteiger partial charge in [0.25, 0.3) is 0 Å². The Labute approximate surface area is 189 Å². The molecule has 31 heavy (non-hydrogen) atoms. The molecule has 0 N–H and O–H groups in total. The summed E-state index contributed by atoms with van der Waals surface area (Å²) in [6.45, 7) is 0. The van der Waals surface area contributed by atoms with Crippen LogP contribution in [0.2, 0.25) is 5.02 Å². The van der Waals surface area contributed by atoms with E-state index in [1.165, 1.54) is 11.8 Å². The summed E-state index contributed by atoms with van der Waals surface area (Å²) >= 11 is 7.26. The lowest BCUT2D eigenvalue weighted by molar-refractivity contribution is -0.128. The second-order valence-electron chi connectivity index (χ2n) is 6.87. The zero-order chi connectivity index (χ0) is 21.6. The van der Waals surface area contributed by atoms with E-state index < -0.39 is 0 Å². The van der Waals surface area contributed by atoms with E-state index in [0.29, 0.717) is 10.2 Å². The summed E-state index contributed by atoms with van der Waals surface area (Å²) in [5.74, 6) is 0.189. The molecule has 4 rings (SSSR count). The van der Waals surface area contributed by atoms with Gasteiger partial charge >= 0.3 is 0 Å². The molecular weight excluding hydrogens is 430 g/mol. The van der Waals surface area contributed by atoms with Gasteiger partial charge in [0.1, 0.15) is 0 Å². The molecule has 0 aliphatic heterocycles. The van der Waals surface area contributed by atoms with Gasteiger partial charge in [0, 0.05) is 12.1 Å². The third-order valence-corrected chi connectivity index (χ3v) is 6.00. The van der Waals surface area contributed by atoms with Gasteiger partial charge in [-0.2, -0.15) is 4.68 Å². The fraction of sp³-hybridized carbons (Fsp3) is 0.130. The van der Waals surface area contributed by atoms with Crippen molar-refractivity contribution in [1.29, 1.82) is 0 Å².